The van der Waals surface area contributed by atoms with Gasteiger partial charge in [0.25, 0.3) is 0 Å². The molecule has 0 fully saturated rings. The van der Waals surface area contributed by atoms with Crippen LogP contribution >= 0.6 is 0 Å². The van der Waals surface area contributed by atoms with E-state index in [0.29, 0.717) is 0 Å². The standard InChI is InChI=1S/BH3O3.K.Na.2H/c2-1(3)4;;;;/h2-4H;;;;. The van der Waals surface area contributed by atoms with E-state index in [-0.39, 0.29) is 80.9 Å². The van der Waals surface area contributed by atoms with E-state index in [4.69, 9.17) is 15.1 Å². The van der Waals surface area contributed by atoms with Crippen LogP contribution in [0.15, 0.2) is 0 Å². The predicted octanol–water partition coefficient (Wildman–Crippen LogP) is -3.35. The molecule has 6 heteroatoms. The minimum absolute atomic E-state index is 0. The second-order valence-electron chi connectivity index (χ2n) is 0.346. The summed E-state index contributed by atoms with van der Waals surface area (Å²) >= 11 is 0. The summed E-state index contributed by atoms with van der Waals surface area (Å²) in [5.74, 6) is 0. The maximum atomic E-state index is 7.17. The second-order valence-corrected chi connectivity index (χ2v) is 0.346. The SMILES string of the molecule is OB(O)O.[KH].[NaH]. The van der Waals surface area contributed by atoms with Crippen LogP contribution in [0.3, 0.4) is 0 Å². The van der Waals surface area contributed by atoms with Crippen molar-refractivity contribution in [3.8, 4) is 0 Å². The van der Waals surface area contributed by atoms with Crippen molar-refractivity contribution >= 4 is 88.3 Å². The van der Waals surface area contributed by atoms with Gasteiger partial charge in [-0.05, 0) is 0 Å². The Kier molecular flexibility index (Phi) is 27.8. The van der Waals surface area contributed by atoms with Crippen LogP contribution in [-0.2, 0) is 0 Å². The summed E-state index contributed by atoms with van der Waals surface area (Å²) in [6.45, 7) is 0. The molecular formula is H5BKNaO3. The third kappa shape index (κ3) is 30.8. The summed E-state index contributed by atoms with van der Waals surface area (Å²) in [5.41, 5.74) is 0. The van der Waals surface area contributed by atoms with Crippen molar-refractivity contribution < 1.29 is 15.1 Å². The van der Waals surface area contributed by atoms with E-state index in [2.05, 4.69) is 0 Å². The van der Waals surface area contributed by atoms with Gasteiger partial charge in [0.2, 0.25) is 0 Å². The molecule has 3 N–H and O–H groups in total. The number of hydrogen-bond acceptors (Lipinski definition) is 3. The van der Waals surface area contributed by atoms with Crippen LogP contribution in [0.4, 0.5) is 0 Å². The van der Waals surface area contributed by atoms with Crippen LogP contribution in [-0.4, -0.2) is 103 Å². The molecule has 0 aliphatic carbocycles. The van der Waals surface area contributed by atoms with Gasteiger partial charge in [0, 0.05) is 0 Å². The zero-order valence-electron chi connectivity index (χ0n) is 1.92. The van der Waals surface area contributed by atoms with Crippen molar-refractivity contribution in [1.29, 1.82) is 0 Å². The summed E-state index contributed by atoms with van der Waals surface area (Å²) in [7, 11) is -2.17. The van der Waals surface area contributed by atoms with Gasteiger partial charge in [-0.3, -0.25) is 0 Å². The Morgan fingerprint density at radius 3 is 1.00 bits per heavy atom. The quantitative estimate of drug-likeness (QED) is 0.297. The van der Waals surface area contributed by atoms with Crippen molar-refractivity contribution in [3.05, 3.63) is 0 Å². The monoisotopic (exact) mass is 126 g/mol. The molecular weight excluding hydrogens is 121 g/mol. The molecule has 0 spiro atoms. The van der Waals surface area contributed by atoms with Gasteiger partial charge in [0.1, 0.15) is 0 Å². The summed E-state index contributed by atoms with van der Waals surface area (Å²) in [5, 5.41) is 21.5. The summed E-state index contributed by atoms with van der Waals surface area (Å²) in [6, 6.07) is 0. The Balaban J connectivity index is -0.0000000450. The van der Waals surface area contributed by atoms with Gasteiger partial charge in [0.15, 0.2) is 0 Å². The first kappa shape index (κ1) is 15.8. The van der Waals surface area contributed by atoms with Gasteiger partial charge in [-0.2, -0.15) is 0 Å². The van der Waals surface area contributed by atoms with E-state index in [9.17, 15) is 0 Å². The van der Waals surface area contributed by atoms with Crippen molar-refractivity contribution in [1.82, 2.24) is 0 Å². The van der Waals surface area contributed by atoms with E-state index in [1.165, 1.54) is 0 Å². The molecule has 0 bridgehead atoms. The Bertz CT molecular complexity index is 15.5. The van der Waals surface area contributed by atoms with Gasteiger partial charge in [-0.15, -0.1) is 0 Å². The Morgan fingerprint density at radius 2 is 1.00 bits per heavy atom. The number of rotatable bonds is 0. The maximum absolute atomic E-state index is 7.17. The normalized spacial score (nSPS) is 4.50. The first-order valence-electron chi connectivity index (χ1n) is 0.775. The van der Waals surface area contributed by atoms with E-state index in [1.807, 2.05) is 0 Å². The van der Waals surface area contributed by atoms with Crippen molar-refractivity contribution in [2.45, 2.75) is 0 Å². The third-order valence-corrected chi connectivity index (χ3v) is 0. The van der Waals surface area contributed by atoms with E-state index in [0.717, 1.165) is 0 Å². The molecule has 0 aromatic heterocycles. The number of hydrogen-bond donors (Lipinski definition) is 3. The summed E-state index contributed by atoms with van der Waals surface area (Å²) in [4.78, 5) is 0. The van der Waals surface area contributed by atoms with Crippen LogP contribution < -0.4 is 0 Å². The van der Waals surface area contributed by atoms with Crippen molar-refractivity contribution in [2.24, 2.45) is 0 Å². The first-order valence-corrected chi connectivity index (χ1v) is 0.775. The molecule has 28 valence electrons. The van der Waals surface area contributed by atoms with Crippen LogP contribution in [0.5, 0.6) is 0 Å². The fraction of sp³-hybridized carbons (Fsp3) is 0. The summed E-state index contributed by atoms with van der Waals surface area (Å²) < 4.78 is 0. The Labute approximate surface area is 101 Å². The first-order chi connectivity index (χ1) is 1.73. The molecule has 3 nitrogen and oxygen atoms in total. The van der Waals surface area contributed by atoms with Gasteiger partial charge in [-0.1, -0.05) is 0 Å². The molecule has 0 aromatic rings. The van der Waals surface area contributed by atoms with Crippen LogP contribution in [0, 0.1) is 0 Å². The van der Waals surface area contributed by atoms with Crippen molar-refractivity contribution in [2.75, 3.05) is 0 Å². The zero-order chi connectivity index (χ0) is 3.58. The van der Waals surface area contributed by atoms with E-state index >= 15 is 0 Å². The molecule has 0 radical (unpaired) electrons. The van der Waals surface area contributed by atoms with Gasteiger partial charge >= 0.3 is 88.3 Å². The Morgan fingerprint density at radius 1 is 1.00 bits per heavy atom. The molecule has 0 atom stereocenters. The van der Waals surface area contributed by atoms with Gasteiger partial charge in [0.05, 0.1) is 0 Å². The molecule has 0 heterocycles. The molecule has 0 saturated carbocycles. The zero-order valence-corrected chi connectivity index (χ0v) is 1.92. The fourth-order valence-corrected chi connectivity index (χ4v) is 0. The predicted molar refractivity (Wildman–Crippen MR) is 26.7 cm³/mol. The van der Waals surface area contributed by atoms with E-state index in [1.54, 1.807) is 0 Å². The van der Waals surface area contributed by atoms with Gasteiger partial charge < -0.3 is 15.1 Å². The van der Waals surface area contributed by atoms with Crippen molar-refractivity contribution in [3.63, 3.8) is 0 Å². The third-order valence-electron chi connectivity index (χ3n) is 0. The van der Waals surface area contributed by atoms with Gasteiger partial charge in [-0.25, -0.2) is 0 Å². The van der Waals surface area contributed by atoms with E-state index < -0.39 is 7.32 Å². The van der Waals surface area contributed by atoms with Crippen LogP contribution in [0.1, 0.15) is 0 Å². The molecule has 0 amide bonds. The average Bonchev–Trinajstić information content (AvgIpc) is 0.811. The molecule has 0 rings (SSSR count). The molecule has 0 aliphatic heterocycles. The fourth-order valence-electron chi connectivity index (χ4n) is 0. The summed E-state index contributed by atoms with van der Waals surface area (Å²) in [6.07, 6.45) is 0. The topological polar surface area (TPSA) is 60.7 Å². The molecule has 0 aliphatic rings. The molecule has 0 saturated heterocycles. The minimum atomic E-state index is -2.17. The average molecular weight is 126 g/mol. The van der Waals surface area contributed by atoms with Crippen LogP contribution in [0.25, 0.3) is 0 Å². The Hall–Kier alpha value is 2.58. The molecule has 0 unspecified atom stereocenters. The molecule has 0 aromatic carbocycles. The second kappa shape index (κ2) is 10.5. The molecule has 6 heavy (non-hydrogen) atoms. The van der Waals surface area contributed by atoms with Crippen LogP contribution in [0.2, 0.25) is 0 Å².